The summed E-state index contributed by atoms with van der Waals surface area (Å²) in [6.07, 6.45) is 2.18. The van der Waals surface area contributed by atoms with Crippen LogP contribution in [-0.4, -0.2) is 32.3 Å². The zero-order chi connectivity index (χ0) is 13.8. The van der Waals surface area contributed by atoms with Gasteiger partial charge in [-0.2, -0.15) is 0 Å². The van der Waals surface area contributed by atoms with E-state index in [-0.39, 0.29) is 5.82 Å². The Morgan fingerprint density at radius 3 is 2.84 bits per heavy atom. The molecule has 2 rings (SSSR count). The molecule has 1 aromatic carbocycles. The predicted molar refractivity (Wildman–Crippen MR) is 76.5 cm³/mol. The predicted octanol–water partition coefficient (Wildman–Crippen LogP) is 2.80. The minimum absolute atomic E-state index is 0.276. The van der Waals surface area contributed by atoms with Gasteiger partial charge in [0.15, 0.2) is 11.6 Å². The smallest absolute Gasteiger partial charge is 0.167 e. The molecule has 1 N–H and O–H groups in total. The zero-order valence-corrected chi connectivity index (χ0v) is 11.9. The normalized spacial score (nSPS) is 23.5. The molecule has 0 spiro atoms. The minimum Gasteiger partial charge on any atom is -0.491 e. The molecular weight excluding hydrogens is 243 g/mol. The summed E-state index contributed by atoms with van der Waals surface area (Å²) in [5.41, 5.74) is 0.947. The van der Waals surface area contributed by atoms with E-state index in [1.54, 1.807) is 12.1 Å². The molecule has 1 aliphatic rings. The quantitative estimate of drug-likeness (QED) is 0.907. The maximum atomic E-state index is 13.9. The summed E-state index contributed by atoms with van der Waals surface area (Å²) in [4.78, 5) is 2.27. The van der Waals surface area contributed by atoms with E-state index in [9.17, 15) is 4.39 Å². The summed E-state index contributed by atoms with van der Waals surface area (Å²) < 4.78 is 19.1. The van der Waals surface area contributed by atoms with Crippen molar-refractivity contribution in [2.45, 2.75) is 38.8 Å². The molecule has 0 saturated carbocycles. The van der Waals surface area contributed by atoms with Gasteiger partial charge in [0.1, 0.15) is 0 Å². The molecule has 2 atom stereocenters. The molecule has 0 amide bonds. The molecule has 0 radical (unpaired) electrons. The van der Waals surface area contributed by atoms with E-state index in [4.69, 9.17) is 4.74 Å². The van der Waals surface area contributed by atoms with Gasteiger partial charge in [0.05, 0.1) is 6.61 Å². The van der Waals surface area contributed by atoms with Crippen LogP contribution in [0.1, 0.15) is 26.7 Å². The van der Waals surface area contributed by atoms with Gasteiger partial charge in [-0.15, -0.1) is 0 Å². The molecule has 1 heterocycles. The van der Waals surface area contributed by atoms with Gasteiger partial charge in [-0.25, -0.2) is 4.39 Å². The number of ether oxygens (including phenoxy) is 1. The maximum Gasteiger partial charge on any atom is 0.167 e. The third-order valence-electron chi connectivity index (χ3n) is 3.83. The van der Waals surface area contributed by atoms with Crippen molar-refractivity contribution >= 4 is 5.69 Å². The number of nitrogens with one attached hydrogen (secondary N) is 1. The SMILES string of the molecule is CCOc1ccc(N2CCC(NC)CC2C)cc1F. The van der Waals surface area contributed by atoms with Gasteiger partial charge in [-0.3, -0.25) is 0 Å². The molecule has 0 aromatic heterocycles. The fourth-order valence-electron chi connectivity index (χ4n) is 2.76. The average Bonchev–Trinajstić information content (AvgIpc) is 2.41. The minimum atomic E-state index is -0.276. The number of halogens is 1. The van der Waals surface area contributed by atoms with Crippen LogP contribution >= 0.6 is 0 Å². The number of benzene rings is 1. The van der Waals surface area contributed by atoms with Crippen LogP contribution in [0, 0.1) is 5.82 Å². The van der Waals surface area contributed by atoms with Crippen LogP contribution in [0.5, 0.6) is 5.75 Å². The number of anilines is 1. The first-order chi connectivity index (χ1) is 9.15. The monoisotopic (exact) mass is 266 g/mol. The fourth-order valence-corrected chi connectivity index (χ4v) is 2.76. The second-order valence-electron chi connectivity index (χ2n) is 5.10. The Labute approximate surface area is 114 Å². The van der Waals surface area contributed by atoms with Crippen LogP contribution in [0.25, 0.3) is 0 Å². The highest BCUT2D eigenvalue weighted by molar-refractivity contribution is 5.51. The fraction of sp³-hybridized carbons (Fsp3) is 0.600. The van der Waals surface area contributed by atoms with Crippen molar-refractivity contribution in [1.29, 1.82) is 0 Å². The van der Waals surface area contributed by atoms with Crippen LogP contribution in [-0.2, 0) is 0 Å². The first kappa shape index (κ1) is 14.1. The first-order valence-electron chi connectivity index (χ1n) is 7.02. The third-order valence-corrected chi connectivity index (χ3v) is 3.83. The van der Waals surface area contributed by atoms with Crippen molar-refractivity contribution in [2.75, 3.05) is 25.1 Å². The molecule has 19 heavy (non-hydrogen) atoms. The lowest BCUT2D eigenvalue weighted by Crippen LogP contribution is -2.46. The topological polar surface area (TPSA) is 24.5 Å². The van der Waals surface area contributed by atoms with Crippen molar-refractivity contribution in [3.8, 4) is 5.75 Å². The van der Waals surface area contributed by atoms with Gasteiger partial charge >= 0.3 is 0 Å². The van der Waals surface area contributed by atoms with E-state index < -0.39 is 0 Å². The molecule has 0 bridgehead atoms. The Bertz CT molecular complexity index is 425. The molecule has 1 saturated heterocycles. The average molecular weight is 266 g/mol. The van der Waals surface area contributed by atoms with Gasteiger partial charge < -0.3 is 15.0 Å². The highest BCUT2D eigenvalue weighted by Crippen LogP contribution is 2.28. The van der Waals surface area contributed by atoms with Crippen LogP contribution < -0.4 is 15.0 Å². The molecule has 1 aliphatic heterocycles. The Morgan fingerprint density at radius 1 is 1.47 bits per heavy atom. The summed E-state index contributed by atoms with van der Waals surface area (Å²) in [5, 5.41) is 3.32. The van der Waals surface area contributed by atoms with E-state index in [0.717, 1.165) is 25.1 Å². The molecule has 1 aromatic rings. The van der Waals surface area contributed by atoms with Crippen LogP contribution in [0.4, 0.5) is 10.1 Å². The first-order valence-corrected chi connectivity index (χ1v) is 7.02. The summed E-state index contributed by atoms with van der Waals surface area (Å²) in [7, 11) is 2.00. The molecular formula is C15H23FN2O. The van der Waals surface area contributed by atoms with Gasteiger partial charge in [0.2, 0.25) is 0 Å². The summed E-state index contributed by atoms with van der Waals surface area (Å²) in [6, 6.07) is 6.25. The van der Waals surface area contributed by atoms with E-state index in [1.807, 2.05) is 20.0 Å². The summed E-state index contributed by atoms with van der Waals surface area (Å²) >= 11 is 0. The van der Waals surface area contributed by atoms with Crippen molar-refractivity contribution in [3.05, 3.63) is 24.0 Å². The molecule has 0 aliphatic carbocycles. The molecule has 1 fully saturated rings. The van der Waals surface area contributed by atoms with E-state index in [2.05, 4.69) is 17.1 Å². The molecule has 106 valence electrons. The lowest BCUT2D eigenvalue weighted by atomic mass is 9.97. The van der Waals surface area contributed by atoms with Crippen molar-refractivity contribution in [3.63, 3.8) is 0 Å². The molecule has 2 unspecified atom stereocenters. The highest BCUT2D eigenvalue weighted by atomic mass is 19.1. The second-order valence-corrected chi connectivity index (χ2v) is 5.10. The summed E-state index contributed by atoms with van der Waals surface area (Å²) in [6.45, 7) is 5.50. The molecule has 4 heteroatoms. The van der Waals surface area contributed by atoms with Crippen molar-refractivity contribution < 1.29 is 9.13 Å². The number of hydrogen-bond donors (Lipinski definition) is 1. The highest BCUT2D eigenvalue weighted by Gasteiger charge is 2.25. The maximum absolute atomic E-state index is 13.9. The second kappa shape index (κ2) is 6.24. The molecule has 3 nitrogen and oxygen atoms in total. The Kier molecular flexibility index (Phi) is 4.64. The Balaban J connectivity index is 2.12. The number of piperidine rings is 1. The number of hydrogen-bond acceptors (Lipinski definition) is 3. The van der Waals surface area contributed by atoms with E-state index in [0.29, 0.717) is 24.4 Å². The van der Waals surface area contributed by atoms with Gasteiger partial charge in [0.25, 0.3) is 0 Å². The van der Waals surface area contributed by atoms with Gasteiger partial charge in [-0.1, -0.05) is 0 Å². The van der Waals surface area contributed by atoms with Crippen LogP contribution in [0.3, 0.4) is 0 Å². The van der Waals surface area contributed by atoms with E-state index in [1.165, 1.54) is 0 Å². The third kappa shape index (κ3) is 3.18. The summed E-state index contributed by atoms with van der Waals surface area (Å²) in [5.74, 6) is 0.0614. The lowest BCUT2D eigenvalue weighted by molar-refractivity contribution is 0.321. The lowest BCUT2D eigenvalue weighted by Gasteiger charge is -2.39. The van der Waals surface area contributed by atoms with Crippen LogP contribution in [0.15, 0.2) is 18.2 Å². The largest absolute Gasteiger partial charge is 0.491 e. The number of nitrogens with zero attached hydrogens (tertiary/aromatic N) is 1. The number of rotatable bonds is 4. The van der Waals surface area contributed by atoms with Gasteiger partial charge in [0, 0.05) is 30.4 Å². The standard InChI is InChI=1S/C15H23FN2O/c1-4-19-15-6-5-13(10-14(15)16)18-8-7-12(17-3)9-11(18)2/h5-6,10-12,17H,4,7-9H2,1-3H3. The zero-order valence-electron chi connectivity index (χ0n) is 11.9. The Morgan fingerprint density at radius 2 is 2.26 bits per heavy atom. The van der Waals surface area contributed by atoms with Crippen molar-refractivity contribution in [1.82, 2.24) is 5.32 Å². The van der Waals surface area contributed by atoms with Gasteiger partial charge in [-0.05, 0) is 45.9 Å². The van der Waals surface area contributed by atoms with Crippen molar-refractivity contribution in [2.24, 2.45) is 0 Å². The van der Waals surface area contributed by atoms with Crippen LogP contribution in [0.2, 0.25) is 0 Å². The Hall–Kier alpha value is -1.29. The van der Waals surface area contributed by atoms with E-state index >= 15 is 0 Å².